The molecule has 4 rings (SSSR count). The molecule has 0 N–H and O–H groups in total. The Labute approximate surface area is 184 Å². The highest BCUT2D eigenvalue weighted by Gasteiger charge is 2.16. The average Bonchev–Trinajstić information content (AvgIpc) is 3.18. The van der Waals surface area contributed by atoms with Crippen molar-refractivity contribution in [3.05, 3.63) is 60.8 Å². The minimum atomic E-state index is 0.467. The van der Waals surface area contributed by atoms with E-state index in [4.69, 9.17) is 14.5 Å². The second-order valence-corrected chi connectivity index (χ2v) is 5.99. The third-order valence-corrected chi connectivity index (χ3v) is 4.23. The van der Waals surface area contributed by atoms with Crippen molar-refractivity contribution < 1.29 is 9.47 Å². The van der Waals surface area contributed by atoms with Crippen LogP contribution in [-0.2, 0) is 4.74 Å². The molecule has 0 spiro atoms. The van der Waals surface area contributed by atoms with E-state index in [0.717, 1.165) is 33.7 Å². The van der Waals surface area contributed by atoms with Gasteiger partial charge in [0, 0.05) is 49.1 Å². The van der Waals surface area contributed by atoms with Gasteiger partial charge in [-0.1, -0.05) is 27.7 Å². The summed E-state index contributed by atoms with van der Waals surface area (Å²) in [5, 5.41) is 4.51. The lowest BCUT2D eigenvalue weighted by molar-refractivity contribution is 0.144. The van der Waals surface area contributed by atoms with Crippen molar-refractivity contribution in [1.29, 1.82) is 0 Å². The van der Waals surface area contributed by atoms with E-state index in [9.17, 15) is 0 Å². The fraction of sp³-hybridized carbons (Fsp3) is 0.333. The summed E-state index contributed by atoms with van der Waals surface area (Å²) in [5.74, 6) is 0.563. The van der Waals surface area contributed by atoms with Gasteiger partial charge in [0.05, 0.1) is 18.0 Å². The van der Waals surface area contributed by atoms with Crippen LogP contribution in [0.15, 0.2) is 55.1 Å². The quantitative estimate of drug-likeness (QED) is 0.396. The van der Waals surface area contributed by atoms with E-state index in [1.807, 2.05) is 69.5 Å². The minimum absolute atomic E-state index is 0.467. The molecule has 0 radical (unpaired) electrons. The molecule has 0 bridgehead atoms. The zero-order chi connectivity index (χ0) is 22.6. The number of rotatable bonds is 6. The third-order valence-electron chi connectivity index (χ3n) is 4.23. The Balaban J connectivity index is 0.000000807. The number of aromatic nitrogens is 5. The van der Waals surface area contributed by atoms with Gasteiger partial charge < -0.3 is 9.47 Å². The van der Waals surface area contributed by atoms with E-state index in [1.54, 1.807) is 31.9 Å². The Morgan fingerprint density at radius 1 is 0.871 bits per heavy atom. The largest absolute Gasteiger partial charge is 0.475 e. The molecule has 0 fully saturated rings. The first-order valence-electron chi connectivity index (χ1n) is 10.6. The SMILES string of the molecule is CC.CC.COCCOc1ccc(-c2c(C)nc3c(-c4ccncc4)ccnn23)cn1. The van der Waals surface area contributed by atoms with E-state index < -0.39 is 0 Å². The zero-order valence-electron chi connectivity index (χ0n) is 19.2. The van der Waals surface area contributed by atoms with Crippen LogP contribution in [0.3, 0.4) is 0 Å². The second-order valence-electron chi connectivity index (χ2n) is 5.99. The monoisotopic (exact) mass is 421 g/mol. The minimum Gasteiger partial charge on any atom is -0.475 e. The van der Waals surface area contributed by atoms with Gasteiger partial charge in [-0.05, 0) is 36.8 Å². The Kier molecular flexibility index (Phi) is 9.58. The van der Waals surface area contributed by atoms with Crippen molar-refractivity contribution in [2.75, 3.05) is 20.3 Å². The zero-order valence-corrected chi connectivity index (χ0v) is 19.2. The van der Waals surface area contributed by atoms with E-state index in [2.05, 4.69) is 15.1 Å². The molecule has 0 amide bonds. The van der Waals surface area contributed by atoms with Gasteiger partial charge in [-0.3, -0.25) is 4.98 Å². The summed E-state index contributed by atoms with van der Waals surface area (Å²) in [5.41, 5.74) is 5.59. The highest BCUT2D eigenvalue weighted by molar-refractivity contribution is 5.80. The lowest BCUT2D eigenvalue weighted by atomic mass is 10.1. The van der Waals surface area contributed by atoms with Gasteiger partial charge in [0.2, 0.25) is 5.88 Å². The van der Waals surface area contributed by atoms with Gasteiger partial charge in [-0.25, -0.2) is 14.5 Å². The summed E-state index contributed by atoms with van der Waals surface area (Å²) < 4.78 is 12.4. The van der Waals surface area contributed by atoms with E-state index in [1.165, 1.54) is 0 Å². The molecule has 31 heavy (non-hydrogen) atoms. The first kappa shape index (κ1) is 24.0. The van der Waals surface area contributed by atoms with Gasteiger partial charge in [-0.2, -0.15) is 5.10 Å². The molecule has 0 saturated carbocycles. The van der Waals surface area contributed by atoms with Crippen molar-refractivity contribution >= 4 is 5.65 Å². The van der Waals surface area contributed by atoms with Gasteiger partial charge in [-0.15, -0.1) is 0 Å². The van der Waals surface area contributed by atoms with Crippen molar-refractivity contribution in [2.45, 2.75) is 34.6 Å². The highest BCUT2D eigenvalue weighted by atomic mass is 16.5. The standard InChI is InChI=1S/C20H19N5O2.2C2H6/c1-14-19(16-3-4-18(22-13-16)27-12-11-26-2)25-20(24-14)17(7-10-23-25)15-5-8-21-9-6-15;2*1-2/h3-10,13H,11-12H2,1-2H3;2*1-2H3. The maximum atomic E-state index is 5.53. The predicted octanol–water partition coefficient (Wildman–Crippen LogP) is 5.24. The molecule has 7 heteroatoms. The molecule has 0 aliphatic carbocycles. The van der Waals surface area contributed by atoms with Gasteiger partial charge in [0.15, 0.2) is 5.65 Å². The number of nitrogens with zero attached hydrogens (tertiary/aromatic N) is 5. The molecule has 4 heterocycles. The van der Waals surface area contributed by atoms with E-state index in [-0.39, 0.29) is 0 Å². The number of aryl methyl sites for hydroxylation is 1. The van der Waals surface area contributed by atoms with Crippen molar-refractivity contribution in [3.8, 4) is 28.3 Å². The molecule has 164 valence electrons. The molecular weight excluding hydrogens is 390 g/mol. The van der Waals surface area contributed by atoms with Crippen LogP contribution >= 0.6 is 0 Å². The van der Waals surface area contributed by atoms with Crippen LogP contribution in [0, 0.1) is 6.92 Å². The lowest BCUT2D eigenvalue weighted by Gasteiger charge is -2.07. The Bertz CT molecular complexity index is 1050. The number of hydrogen-bond donors (Lipinski definition) is 0. The fourth-order valence-electron chi connectivity index (χ4n) is 2.98. The van der Waals surface area contributed by atoms with Crippen LogP contribution in [0.4, 0.5) is 0 Å². The molecule has 0 aromatic carbocycles. The van der Waals surface area contributed by atoms with E-state index in [0.29, 0.717) is 19.1 Å². The summed E-state index contributed by atoms with van der Waals surface area (Å²) >= 11 is 0. The number of imidazole rings is 1. The summed E-state index contributed by atoms with van der Waals surface area (Å²) in [6, 6.07) is 9.70. The summed E-state index contributed by atoms with van der Waals surface area (Å²) in [6.07, 6.45) is 7.10. The normalized spacial score (nSPS) is 10.0. The molecule has 0 aliphatic heterocycles. The van der Waals surface area contributed by atoms with Crippen molar-refractivity contribution in [2.24, 2.45) is 0 Å². The van der Waals surface area contributed by atoms with Gasteiger partial charge >= 0.3 is 0 Å². The Morgan fingerprint density at radius 2 is 1.61 bits per heavy atom. The number of methoxy groups -OCH3 is 1. The van der Waals surface area contributed by atoms with Crippen LogP contribution < -0.4 is 4.74 Å². The topological polar surface area (TPSA) is 74.4 Å². The van der Waals surface area contributed by atoms with Crippen LogP contribution in [0.2, 0.25) is 0 Å². The highest BCUT2D eigenvalue weighted by Crippen LogP contribution is 2.29. The first-order valence-corrected chi connectivity index (χ1v) is 10.6. The molecular formula is C24H31N5O2. The summed E-state index contributed by atoms with van der Waals surface area (Å²) in [4.78, 5) is 13.2. The molecule has 7 nitrogen and oxygen atoms in total. The number of hydrogen-bond acceptors (Lipinski definition) is 6. The Hall–Kier alpha value is -3.32. The Morgan fingerprint density at radius 3 is 2.26 bits per heavy atom. The lowest BCUT2D eigenvalue weighted by Crippen LogP contribution is -2.05. The van der Waals surface area contributed by atoms with Crippen LogP contribution in [-0.4, -0.2) is 44.9 Å². The number of ether oxygens (including phenoxy) is 2. The second kappa shape index (κ2) is 12.4. The van der Waals surface area contributed by atoms with Crippen molar-refractivity contribution in [1.82, 2.24) is 24.6 Å². The number of fused-ring (bicyclic) bond motifs is 1. The smallest absolute Gasteiger partial charge is 0.213 e. The molecule has 0 aliphatic rings. The summed E-state index contributed by atoms with van der Waals surface area (Å²) in [7, 11) is 1.64. The predicted molar refractivity (Wildman–Crippen MR) is 124 cm³/mol. The van der Waals surface area contributed by atoms with Crippen molar-refractivity contribution in [3.63, 3.8) is 0 Å². The fourth-order valence-corrected chi connectivity index (χ4v) is 2.98. The molecule has 4 aromatic heterocycles. The maximum absolute atomic E-state index is 5.53. The van der Waals surface area contributed by atoms with Crippen LogP contribution in [0.1, 0.15) is 33.4 Å². The van der Waals surface area contributed by atoms with Crippen LogP contribution in [0.5, 0.6) is 5.88 Å². The average molecular weight is 422 g/mol. The molecule has 0 unspecified atom stereocenters. The molecule has 0 atom stereocenters. The van der Waals surface area contributed by atoms with Gasteiger partial charge in [0.25, 0.3) is 0 Å². The summed E-state index contributed by atoms with van der Waals surface area (Å²) in [6.45, 7) is 11.0. The first-order chi connectivity index (χ1) is 15.3. The van der Waals surface area contributed by atoms with E-state index >= 15 is 0 Å². The molecule has 0 saturated heterocycles. The third kappa shape index (κ3) is 5.64. The molecule has 4 aromatic rings. The number of pyridine rings is 2. The maximum Gasteiger partial charge on any atom is 0.213 e. The van der Waals surface area contributed by atoms with Gasteiger partial charge in [0.1, 0.15) is 6.61 Å². The van der Waals surface area contributed by atoms with Crippen LogP contribution in [0.25, 0.3) is 28.0 Å².